The Kier molecular flexibility index (Phi) is 6.77. The summed E-state index contributed by atoms with van der Waals surface area (Å²) in [6.45, 7) is 5.29. The molecule has 1 aliphatic heterocycles. The van der Waals surface area contributed by atoms with Crippen LogP contribution in [0.3, 0.4) is 0 Å². The van der Waals surface area contributed by atoms with E-state index in [0.717, 1.165) is 28.1 Å². The average Bonchev–Trinajstić information content (AvgIpc) is 3.24. The molecule has 7 heteroatoms. The van der Waals surface area contributed by atoms with Gasteiger partial charge in [0.05, 0.1) is 25.3 Å². The molecular weight excluding hydrogens is 416 g/mol. The molecule has 3 aromatic rings. The molecule has 1 fully saturated rings. The average molecular weight is 447 g/mol. The van der Waals surface area contributed by atoms with Crippen LogP contribution in [0.5, 0.6) is 5.75 Å². The zero-order valence-corrected chi connectivity index (χ0v) is 19.3. The summed E-state index contributed by atoms with van der Waals surface area (Å²) in [6.07, 6.45) is 2.35. The van der Waals surface area contributed by atoms with Gasteiger partial charge in [0.25, 0.3) is 0 Å². The van der Waals surface area contributed by atoms with Gasteiger partial charge in [-0.1, -0.05) is 43.3 Å². The Morgan fingerprint density at radius 2 is 1.97 bits per heavy atom. The highest BCUT2D eigenvalue weighted by Crippen LogP contribution is 2.25. The Morgan fingerprint density at radius 3 is 2.67 bits per heavy atom. The normalized spacial score (nSPS) is 16.9. The topological polar surface area (TPSA) is 76.5 Å². The van der Waals surface area contributed by atoms with Gasteiger partial charge in [-0.3, -0.25) is 14.3 Å². The fourth-order valence-electron chi connectivity index (χ4n) is 4.27. The van der Waals surface area contributed by atoms with Crippen LogP contribution in [0, 0.1) is 12.8 Å². The first-order chi connectivity index (χ1) is 15.9. The minimum absolute atomic E-state index is 0.0192. The maximum Gasteiger partial charge on any atom is 0.243 e. The lowest BCUT2D eigenvalue weighted by Gasteiger charge is -2.36. The number of amides is 2. The van der Waals surface area contributed by atoms with Crippen LogP contribution in [0.15, 0.2) is 60.8 Å². The third kappa shape index (κ3) is 5.25. The van der Waals surface area contributed by atoms with Crippen molar-refractivity contribution in [1.29, 1.82) is 0 Å². The second kappa shape index (κ2) is 9.90. The minimum Gasteiger partial charge on any atom is -0.497 e. The van der Waals surface area contributed by atoms with Crippen molar-refractivity contribution in [2.45, 2.75) is 32.9 Å². The molecule has 1 aromatic heterocycles. The van der Waals surface area contributed by atoms with E-state index in [2.05, 4.69) is 16.5 Å². The molecule has 172 valence electrons. The number of nitrogens with zero attached hydrogens (tertiary/aromatic N) is 3. The zero-order valence-electron chi connectivity index (χ0n) is 19.3. The molecule has 2 amide bonds. The highest BCUT2D eigenvalue weighted by atomic mass is 16.5. The first-order valence-corrected chi connectivity index (χ1v) is 11.3. The van der Waals surface area contributed by atoms with Gasteiger partial charge in [-0.25, -0.2) is 0 Å². The molecular formula is C26H30N4O3. The van der Waals surface area contributed by atoms with Gasteiger partial charge in [0.2, 0.25) is 11.8 Å². The Labute approximate surface area is 194 Å². The second-order valence-corrected chi connectivity index (χ2v) is 8.55. The first kappa shape index (κ1) is 22.6. The van der Waals surface area contributed by atoms with Gasteiger partial charge in [0.1, 0.15) is 11.8 Å². The molecule has 2 aromatic carbocycles. The van der Waals surface area contributed by atoms with E-state index in [1.165, 1.54) is 0 Å². The van der Waals surface area contributed by atoms with Crippen molar-refractivity contribution in [2.24, 2.45) is 5.92 Å². The quantitative estimate of drug-likeness (QED) is 0.605. The van der Waals surface area contributed by atoms with E-state index in [1.807, 2.05) is 68.6 Å². The van der Waals surface area contributed by atoms with E-state index < -0.39 is 6.04 Å². The summed E-state index contributed by atoms with van der Waals surface area (Å²) in [4.78, 5) is 27.8. The number of ether oxygens (including phenoxy) is 1. The number of rotatable bonds is 7. The van der Waals surface area contributed by atoms with E-state index >= 15 is 0 Å². The van der Waals surface area contributed by atoms with Crippen molar-refractivity contribution >= 4 is 11.8 Å². The van der Waals surface area contributed by atoms with Crippen LogP contribution < -0.4 is 10.1 Å². The summed E-state index contributed by atoms with van der Waals surface area (Å²) >= 11 is 0. The summed E-state index contributed by atoms with van der Waals surface area (Å²) < 4.78 is 7.03. The van der Waals surface area contributed by atoms with Crippen molar-refractivity contribution in [3.8, 4) is 16.9 Å². The second-order valence-electron chi connectivity index (χ2n) is 8.55. The maximum absolute atomic E-state index is 13.3. The molecule has 2 heterocycles. The number of nitrogens with one attached hydrogen (secondary N) is 1. The Morgan fingerprint density at radius 1 is 1.18 bits per heavy atom. The van der Waals surface area contributed by atoms with Crippen molar-refractivity contribution < 1.29 is 14.3 Å². The molecule has 1 saturated heterocycles. The third-order valence-corrected chi connectivity index (χ3v) is 6.05. The number of aryl methyl sites for hydroxylation is 1. The molecule has 0 unspecified atom stereocenters. The monoisotopic (exact) mass is 446 g/mol. The third-order valence-electron chi connectivity index (χ3n) is 6.05. The van der Waals surface area contributed by atoms with Gasteiger partial charge in [-0.15, -0.1) is 0 Å². The van der Waals surface area contributed by atoms with Crippen LogP contribution in [-0.2, 0) is 22.6 Å². The minimum atomic E-state index is -0.529. The molecule has 7 nitrogen and oxygen atoms in total. The predicted molar refractivity (Wildman–Crippen MR) is 127 cm³/mol. The molecule has 1 aliphatic rings. The SMILES string of the molecule is COc1ccc(-c2cccc(C[C@H]3C(=O)NCCN3C(=O)[C@@H](C)Cn3ccc(C)n3)c2)cc1. The maximum atomic E-state index is 13.3. The van der Waals surface area contributed by atoms with Crippen molar-refractivity contribution in [3.05, 3.63) is 72.1 Å². The number of methoxy groups -OCH3 is 1. The molecule has 1 N–H and O–H groups in total. The van der Waals surface area contributed by atoms with Crippen molar-refractivity contribution in [2.75, 3.05) is 20.2 Å². The van der Waals surface area contributed by atoms with E-state index in [4.69, 9.17) is 4.74 Å². The summed E-state index contributed by atoms with van der Waals surface area (Å²) in [5, 5.41) is 7.31. The molecule has 0 bridgehead atoms. The zero-order chi connectivity index (χ0) is 23.4. The van der Waals surface area contributed by atoms with Gasteiger partial charge < -0.3 is 15.0 Å². The van der Waals surface area contributed by atoms with Crippen LogP contribution in [0.1, 0.15) is 18.2 Å². The van der Waals surface area contributed by atoms with E-state index in [-0.39, 0.29) is 17.7 Å². The summed E-state index contributed by atoms with van der Waals surface area (Å²) in [7, 11) is 1.65. The fourth-order valence-corrected chi connectivity index (χ4v) is 4.27. The number of carbonyl (C=O) groups is 2. The number of carbonyl (C=O) groups excluding carboxylic acids is 2. The Hall–Kier alpha value is -3.61. The van der Waals surface area contributed by atoms with Gasteiger partial charge >= 0.3 is 0 Å². The number of aromatic nitrogens is 2. The van der Waals surface area contributed by atoms with Gasteiger partial charge in [0.15, 0.2) is 0 Å². The molecule has 2 atom stereocenters. The first-order valence-electron chi connectivity index (χ1n) is 11.3. The highest BCUT2D eigenvalue weighted by Gasteiger charge is 2.35. The van der Waals surface area contributed by atoms with Crippen LogP contribution in [0.2, 0.25) is 0 Å². The van der Waals surface area contributed by atoms with Crippen molar-refractivity contribution in [1.82, 2.24) is 20.0 Å². The molecule has 0 saturated carbocycles. The summed E-state index contributed by atoms with van der Waals surface area (Å²) in [5.41, 5.74) is 4.06. The van der Waals surface area contributed by atoms with Crippen molar-refractivity contribution in [3.63, 3.8) is 0 Å². The van der Waals surface area contributed by atoms with Gasteiger partial charge in [-0.2, -0.15) is 5.10 Å². The summed E-state index contributed by atoms with van der Waals surface area (Å²) in [6, 6.07) is 17.4. The predicted octanol–water partition coefficient (Wildman–Crippen LogP) is 3.07. The smallest absolute Gasteiger partial charge is 0.243 e. The van der Waals surface area contributed by atoms with Gasteiger partial charge in [0, 0.05) is 25.7 Å². The molecule has 0 spiro atoms. The molecule has 0 radical (unpaired) electrons. The fraction of sp³-hybridized carbons (Fsp3) is 0.346. The largest absolute Gasteiger partial charge is 0.497 e. The van der Waals surface area contributed by atoms with Crippen LogP contribution >= 0.6 is 0 Å². The van der Waals surface area contributed by atoms with E-state index in [9.17, 15) is 9.59 Å². The Balaban J connectivity index is 1.51. The standard InChI is InChI=1S/C26H30N4O3/c1-18(17-29-13-11-19(2)28-29)26(32)30-14-12-27-25(31)24(30)16-20-5-4-6-22(15-20)21-7-9-23(33-3)10-8-21/h4-11,13,15,18,24H,12,14,16-17H2,1-3H3,(H,27,31)/t18-,24-/m0/s1. The number of piperazine rings is 1. The molecule has 33 heavy (non-hydrogen) atoms. The molecule has 0 aliphatic carbocycles. The molecule has 4 rings (SSSR count). The number of hydrogen-bond donors (Lipinski definition) is 1. The van der Waals surface area contributed by atoms with E-state index in [1.54, 1.807) is 16.7 Å². The van der Waals surface area contributed by atoms with Gasteiger partial charge in [-0.05, 0) is 41.8 Å². The lowest BCUT2D eigenvalue weighted by molar-refractivity contribution is -0.146. The van der Waals surface area contributed by atoms with E-state index in [0.29, 0.717) is 26.1 Å². The highest BCUT2D eigenvalue weighted by molar-refractivity contribution is 5.89. The lowest BCUT2D eigenvalue weighted by Crippen LogP contribution is -2.59. The number of hydrogen-bond acceptors (Lipinski definition) is 4. The van der Waals surface area contributed by atoms with Crippen LogP contribution in [0.25, 0.3) is 11.1 Å². The van der Waals surface area contributed by atoms with Crippen LogP contribution in [0.4, 0.5) is 0 Å². The Bertz CT molecular complexity index is 1120. The lowest BCUT2D eigenvalue weighted by atomic mass is 9.96. The number of benzene rings is 2. The summed E-state index contributed by atoms with van der Waals surface area (Å²) in [5.74, 6) is 0.409. The van der Waals surface area contributed by atoms with Crippen LogP contribution in [-0.4, -0.2) is 52.7 Å².